The van der Waals surface area contributed by atoms with Gasteiger partial charge in [-0.2, -0.15) is 5.10 Å². The van der Waals surface area contributed by atoms with Crippen LogP contribution in [0.25, 0.3) is 0 Å². The second-order valence-corrected chi connectivity index (χ2v) is 3.46. The van der Waals surface area contributed by atoms with Crippen LogP contribution in [0.15, 0.2) is 0 Å². The standard InChI is InChI=1S/C9H13N5O4/c1-4-6(10)7(14(2)13-4)8(16)18-3-5(15)12-9(11)17/h3,10H2,1-2H3,(H3,11,12,15,17). The van der Waals surface area contributed by atoms with Crippen molar-refractivity contribution in [3.05, 3.63) is 11.4 Å². The third-order valence-corrected chi connectivity index (χ3v) is 2.06. The van der Waals surface area contributed by atoms with E-state index in [2.05, 4.69) is 9.84 Å². The van der Waals surface area contributed by atoms with Crippen LogP contribution in [0.4, 0.5) is 10.5 Å². The van der Waals surface area contributed by atoms with Gasteiger partial charge in [0.15, 0.2) is 12.3 Å². The number of ether oxygens (including phenoxy) is 1. The fourth-order valence-corrected chi connectivity index (χ4v) is 1.29. The Morgan fingerprint density at radius 2 is 2.06 bits per heavy atom. The molecule has 0 aliphatic heterocycles. The first-order chi connectivity index (χ1) is 8.32. The van der Waals surface area contributed by atoms with Crippen LogP contribution < -0.4 is 16.8 Å². The molecule has 0 aliphatic rings. The summed E-state index contributed by atoms with van der Waals surface area (Å²) in [4.78, 5) is 33.0. The van der Waals surface area contributed by atoms with Crippen LogP contribution in [0.2, 0.25) is 0 Å². The smallest absolute Gasteiger partial charge is 0.359 e. The van der Waals surface area contributed by atoms with Crippen LogP contribution >= 0.6 is 0 Å². The highest BCUT2D eigenvalue weighted by Gasteiger charge is 2.20. The van der Waals surface area contributed by atoms with E-state index in [1.807, 2.05) is 0 Å². The zero-order valence-electron chi connectivity index (χ0n) is 9.89. The number of nitrogens with two attached hydrogens (primary N) is 2. The van der Waals surface area contributed by atoms with Gasteiger partial charge in [0.25, 0.3) is 5.91 Å². The Morgan fingerprint density at radius 3 is 2.50 bits per heavy atom. The van der Waals surface area contributed by atoms with Gasteiger partial charge in [0.1, 0.15) is 0 Å². The highest BCUT2D eigenvalue weighted by atomic mass is 16.5. The number of esters is 1. The third-order valence-electron chi connectivity index (χ3n) is 2.06. The van der Waals surface area contributed by atoms with E-state index >= 15 is 0 Å². The van der Waals surface area contributed by atoms with Crippen molar-refractivity contribution >= 4 is 23.6 Å². The minimum atomic E-state index is -1.02. The summed E-state index contributed by atoms with van der Waals surface area (Å²) in [5, 5.41) is 5.68. The lowest BCUT2D eigenvalue weighted by molar-refractivity contribution is -0.123. The van der Waals surface area contributed by atoms with Crippen LogP contribution in [0, 0.1) is 6.92 Å². The Hall–Kier alpha value is -2.58. The van der Waals surface area contributed by atoms with E-state index in [0.29, 0.717) is 5.69 Å². The number of carbonyl (C=O) groups excluding carboxylic acids is 3. The number of hydrogen-bond acceptors (Lipinski definition) is 6. The highest BCUT2D eigenvalue weighted by Crippen LogP contribution is 2.15. The molecule has 0 saturated heterocycles. The number of carbonyl (C=O) groups is 3. The van der Waals surface area contributed by atoms with Gasteiger partial charge in [-0.05, 0) is 6.92 Å². The molecule has 5 N–H and O–H groups in total. The second-order valence-electron chi connectivity index (χ2n) is 3.46. The minimum absolute atomic E-state index is 0.0411. The molecule has 0 aromatic carbocycles. The van der Waals surface area contributed by atoms with E-state index in [4.69, 9.17) is 11.5 Å². The van der Waals surface area contributed by atoms with Gasteiger partial charge in [0.2, 0.25) is 0 Å². The van der Waals surface area contributed by atoms with Gasteiger partial charge in [-0.15, -0.1) is 0 Å². The number of aromatic nitrogens is 2. The number of rotatable bonds is 3. The molecule has 0 aliphatic carbocycles. The van der Waals surface area contributed by atoms with Crippen molar-refractivity contribution in [2.45, 2.75) is 6.92 Å². The topological polar surface area (TPSA) is 142 Å². The third kappa shape index (κ3) is 2.97. The van der Waals surface area contributed by atoms with Gasteiger partial charge in [0, 0.05) is 7.05 Å². The summed E-state index contributed by atoms with van der Waals surface area (Å²) in [7, 11) is 1.52. The van der Waals surface area contributed by atoms with Gasteiger partial charge >= 0.3 is 12.0 Å². The van der Waals surface area contributed by atoms with Crippen molar-refractivity contribution in [2.24, 2.45) is 12.8 Å². The van der Waals surface area contributed by atoms with Crippen molar-refractivity contribution in [3.63, 3.8) is 0 Å². The van der Waals surface area contributed by atoms with Crippen molar-refractivity contribution in [1.82, 2.24) is 15.1 Å². The Labute approximate surface area is 102 Å². The number of primary amides is 1. The van der Waals surface area contributed by atoms with Gasteiger partial charge in [-0.1, -0.05) is 0 Å². The number of nitrogen functional groups attached to an aromatic ring is 1. The zero-order valence-corrected chi connectivity index (χ0v) is 9.89. The number of aryl methyl sites for hydroxylation is 2. The maximum Gasteiger partial charge on any atom is 0.359 e. The molecule has 0 unspecified atom stereocenters. The largest absolute Gasteiger partial charge is 0.451 e. The summed E-state index contributed by atoms with van der Waals surface area (Å²) in [5.41, 5.74) is 11.0. The fourth-order valence-electron chi connectivity index (χ4n) is 1.29. The highest BCUT2D eigenvalue weighted by molar-refractivity contribution is 5.97. The van der Waals surface area contributed by atoms with Crippen molar-refractivity contribution < 1.29 is 19.1 Å². The van der Waals surface area contributed by atoms with Crippen LogP contribution in [-0.4, -0.2) is 34.3 Å². The first kappa shape index (κ1) is 13.5. The van der Waals surface area contributed by atoms with E-state index in [1.165, 1.54) is 11.7 Å². The molecular weight excluding hydrogens is 242 g/mol. The molecule has 1 aromatic rings. The van der Waals surface area contributed by atoms with Crippen LogP contribution in [0.1, 0.15) is 16.2 Å². The fraction of sp³-hybridized carbons (Fsp3) is 0.333. The van der Waals surface area contributed by atoms with Crippen molar-refractivity contribution in [2.75, 3.05) is 12.3 Å². The number of nitrogens with one attached hydrogen (secondary N) is 1. The molecular formula is C9H13N5O4. The summed E-state index contributed by atoms with van der Waals surface area (Å²) in [6, 6.07) is -1.02. The normalized spacial score (nSPS) is 9.89. The predicted molar refractivity (Wildman–Crippen MR) is 60.4 cm³/mol. The molecule has 0 bridgehead atoms. The van der Waals surface area contributed by atoms with E-state index in [9.17, 15) is 14.4 Å². The average Bonchev–Trinajstić information content (AvgIpc) is 2.49. The lowest BCUT2D eigenvalue weighted by Crippen LogP contribution is -2.37. The molecule has 0 saturated carbocycles. The molecule has 9 nitrogen and oxygen atoms in total. The van der Waals surface area contributed by atoms with E-state index in [1.54, 1.807) is 12.2 Å². The van der Waals surface area contributed by atoms with Crippen LogP contribution in [0.3, 0.4) is 0 Å². The molecule has 1 heterocycles. The molecule has 0 atom stereocenters. The lowest BCUT2D eigenvalue weighted by atomic mass is 10.3. The van der Waals surface area contributed by atoms with Crippen molar-refractivity contribution in [3.8, 4) is 0 Å². The minimum Gasteiger partial charge on any atom is -0.451 e. The van der Waals surface area contributed by atoms with E-state index in [0.717, 1.165) is 0 Å². The summed E-state index contributed by atoms with van der Waals surface area (Å²) in [5.74, 6) is -1.64. The molecule has 3 amide bonds. The molecule has 98 valence electrons. The summed E-state index contributed by atoms with van der Waals surface area (Å²) >= 11 is 0. The predicted octanol–water partition coefficient (Wildman–Crippen LogP) is -1.34. The van der Waals surface area contributed by atoms with Crippen molar-refractivity contribution in [1.29, 1.82) is 0 Å². The monoisotopic (exact) mass is 255 g/mol. The molecule has 18 heavy (non-hydrogen) atoms. The molecule has 0 spiro atoms. The maximum absolute atomic E-state index is 11.6. The van der Waals surface area contributed by atoms with Crippen LogP contribution in [0.5, 0.6) is 0 Å². The first-order valence-electron chi connectivity index (χ1n) is 4.88. The van der Waals surface area contributed by atoms with Gasteiger partial charge in [-0.3, -0.25) is 14.8 Å². The SMILES string of the molecule is Cc1nn(C)c(C(=O)OCC(=O)NC(N)=O)c1N. The van der Waals surface area contributed by atoms with Gasteiger partial charge in [0.05, 0.1) is 11.4 Å². The zero-order chi connectivity index (χ0) is 13.9. The Morgan fingerprint density at radius 1 is 1.44 bits per heavy atom. The lowest BCUT2D eigenvalue weighted by Gasteiger charge is -2.05. The number of nitrogens with zero attached hydrogens (tertiary/aromatic N) is 2. The maximum atomic E-state index is 11.6. The number of imide groups is 1. The Bertz CT molecular complexity index is 507. The van der Waals surface area contributed by atoms with E-state index in [-0.39, 0.29) is 11.4 Å². The Kier molecular flexibility index (Phi) is 3.87. The summed E-state index contributed by atoms with van der Waals surface area (Å²) in [6.45, 7) is 0.997. The molecule has 1 aromatic heterocycles. The van der Waals surface area contributed by atoms with E-state index < -0.39 is 24.5 Å². The Balaban J connectivity index is 2.66. The van der Waals surface area contributed by atoms with Gasteiger partial charge < -0.3 is 16.2 Å². The number of hydrogen-bond donors (Lipinski definition) is 3. The molecule has 1 rings (SSSR count). The summed E-state index contributed by atoms with van der Waals surface area (Å²) < 4.78 is 5.92. The first-order valence-corrected chi connectivity index (χ1v) is 4.88. The van der Waals surface area contributed by atoms with Crippen LogP contribution in [-0.2, 0) is 16.6 Å². The summed E-state index contributed by atoms with van der Waals surface area (Å²) in [6.07, 6.45) is 0. The number of anilines is 1. The number of urea groups is 1. The number of amides is 3. The second kappa shape index (κ2) is 5.17. The van der Waals surface area contributed by atoms with Gasteiger partial charge in [-0.25, -0.2) is 9.59 Å². The molecule has 0 radical (unpaired) electrons. The average molecular weight is 255 g/mol. The molecule has 0 fully saturated rings. The molecule has 9 heteroatoms. The quantitative estimate of drug-likeness (QED) is 0.570.